The molecule has 3 rings (SSSR count). The first-order chi connectivity index (χ1) is 13.4. The van der Waals surface area contributed by atoms with Gasteiger partial charge in [0.25, 0.3) is 0 Å². The average Bonchev–Trinajstić information content (AvgIpc) is 2.62. The van der Waals surface area contributed by atoms with E-state index in [4.69, 9.17) is 14.2 Å². The number of aliphatic hydroxyl groups is 1. The van der Waals surface area contributed by atoms with Crippen molar-refractivity contribution in [3.8, 4) is 11.5 Å². The first-order valence-corrected chi connectivity index (χ1v) is 9.39. The number of benzene rings is 2. The summed E-state index contributed by atoms with van der Waals surface area (Å²) in [6.45, 7) is 4.59. The maximum Gasteiger partial charge on any atom is 0.308 e. The zero-order valence-corrected chi connectivity index (χ0v) is 16.1. The molecule has 0 bridgehead atoms. The van der Waals surface area contributed by atoms with E-state index in [1.807, 2.05) is 26.0 Å². The van der Waals surface area contributed by atoms with Gasteiger partial charge in [-0.2, -0.15) is 0 Å². The summed E-state index contributed by atoms with van der Waals surface area (Å²) in [6, 6.07) is 9.98. The van der Waals surface area contributed by atoms with E-state index in [0.717, 1.165) is 22.4 Å². The predicted octanol–water partition coefficient (Wildman–Crippen LogP) is 3.51. The van der Waals surface area contributed by atoms with Gasteiger partial charge in [-0.25, -0.2) is 4.39 Å². The third-order valence-corrected chi connectivity index (χ3v) is 4.60. The summed E-state index contributed by atoms with van der Waals surface area (Å²) in [5.41, 5.74) is 3.09. The zero-order valence-electron chi connectivity index (χ0n) is 16.1. The van der Waals surface area contributed by atoms with E-state index in [-0.39, 0.29) is 18.8 Å². The number of esters is 1. The van der Waals surface area contributed by atoms with Gasteiger partial charge >= 0.3 is 5.97 Å². The summed E-state index contributed by atoms with van der Waals surface area (Å²) in [5.74, 6) is 0.646. The number of rotatable bonds is 7. The molecular formula is C22H25FO5. The van der Waals surface area contributed by atoms with Gasteiger partial charge in [-0.3, -0.25) is 4.79 Å². The van der Waals surface area contributed by atoms with E-state index in [1.165, 1.54) is 12.1 Å². The van der Waals surface area contributed by atoms with Gasteiger partial charge in [0.2, 0.25) is 0 Å². The highest BCUT2D eigenvalue weighted by atomic mass is 19.1. The smallest absolute Gasteiger partial charge is 0.308 e. The van der Waals surface area contributed by atoms with Gasteiger partial charge in [-0.05, 0) is 49.2 Å². The molecule has 2 atom stereocenters. The molecule has 28 heavy (non-hydrogen) atoms. The lowest BCUT2D eigenvalue weighted by atomic mass is 10.0. The number of halogens is 1. The summed E-state index contributed by atoms with van der Waals surface area (Å²) < 4.78 is 29.9. The van der Waals surface area contributed by atoms with Crippen molar-refractivity contribution in [2.24, 2.45) is 0 Å². The van der Waals surface area contributed by atoms with Crippen molar-refractivity contribution in [3.63, 3.8) is 0 Å². The first-order valence-electron chi connectivity index (χ1n) is 9.39. The van der Waals surface area contributed by atoms with E-state index in [9.17, 15) is 14.3 Å². The number of carbonyl (C=O) groups is 1. The second-order valence-electron chi connectivity index (χ2n) is 7.14. The molecule has 2 aromatic rings. The largest absolute Gasteiger partial charge is 0.493 e. The normalized spacial score (nSPS) is 19.2. The number of aryl methyl sites for hydroxylation is 2. The molecule has 0 unspecified atom stereocenters. The Labute approximate surface area is 164 Å². The number of ether oxygens (including phenoxy) is 3. The number of hydrogen-bond donors (Lipinski definition) is 1. The molecule has 1 fully saturated rings. The molecular weight excluding hydrogens is 363 g/mol. The molecule has 1 saturated heterocycles. The van der Waals surface area contributed by atoms with Gasteiger partial charge in [0, 0.05) is 12.8 Å². The average molecular weight is 388 g/mol. The molecule has 1 N–H and O–H groups in total. The highest BCUT2D eigenvalue weighted by Gasteiger charge is 2.28. The van der Waals surface area contributed by atoms with Gasteiger partial charge in [0.05, 0.1) is 19.1 Å². The summed E-state index contributed by atoms with van der Waals surface area (Å²) in [7, 11) is 0. The number of hydrogen-bond acceptors (Lipinski definition) is 5. The van der Waals surface area contributed by atoms with Crippen LogP contribution in [0.25, 0.3) is 0 Å². The van der Waals surface area contributed by atoms with Crippen LogP contribution in [0.1, 0.15) is 29.5 Å². The Morgan fingerprint density at radius 2 is 1.93 bits per heavy atom. The molecule has 0 amide bonds. The SMILES string of the molecule is Cc1cc(C)c(OC[C@@H]2C[C@@H](O)CC(=O)O2)c(CCOc2ccc(F)cc2)c1. The Kier molecular flexibility index (Phi) is 6.52. The van der Waals surface area contributed by atoms with Crippen LogP contribution in [0.5, 0.6) is 11.5 Å². The number of carbonyl (C=O) groups excluding carboxylic acids is 1. The van der Waals surface area contributed by atoms with Crippen molar-refractivity contribution in [3.05, 3.63) is 58.9 Å². The minimum atomic E-state index is -0.683. The van der Waals surface area contributed by atoms with Crippen molar-refractivity contribution in [2.75, 3.05) is 13.2 Å². The van der Waals surface area contributed by atoms with Crippen LogP contribution in [0, 0.1) is 19.7 Å². The number of aliphatic hydroxyl groups excluding tert-OH is 1. The highest BCUT2D eigenvalue weighted by Crippen LogP contribution is 2.27. The molecule has 0 radical (unpaired) electrons. The van der Waals surface area contributed by atoms with E-state index < -0.39 is 18.2 Å². The monoisotopic (exact) mass is 388 g/mol. The molecule has 0 saturated carbocycles. The van der Waals surface area contributed by atoms with Gasteiger partial charge in [-0.1, -0.05) is 17.7 Å². The Bertz CT molecular complexity index is 818. The predicted molar refractivity (Wildman–Crippen MR) is 102 cm³/mol. The van der Waals surface area contributed by atoms with E-state index in [1.54, 1.807) is 12.1 Å². The molecule has 5 nitrogen and oxygen atoms in total. The fourth-order valence-corrected chi connectivity index (χ4v) is 3.38. The lowest BCUT2D eigenvalue weighted by Gasteiger charge is -2.26. The van der Waals surface area contributed by atoms with Gasteiger partial charge < -0.3 is 19.3 Å². The van der Waals surface area contributed by atoms with E-state index in [0.29, 0.717) is 25.2 Å². The van der Waals surface area contributed by atoms with Crippen molar-refractivity contribution in [2.45, 2.75) is 45.3 Å². The van der Waals surface area contributed by atoms with Crippen LogP contribution in [0.2, 0.25) is 0 Å². The first kappa shape index (κ1) is 20.1. The van der Waals surface area contributed by atoms with Crippen LogP contribution in [-0.4, -0.2) is 36.5 Å². The molecule has 1 aliphatic rings. The standard InChI is InChI=1S/C22H25FO5/c1-14-9-15(2)22(27-13-20-11-18(24)12-21(25)28-20)16(10-14)7-8-26-19-5-3-17(23)4-6-19/h3-6,9-10,18,20,24H,7-8,11-13H2,1-2H3/t18-,20+/m1/s1. The van der Waals surface area contributed by atoms with Gasteiger partial charge in [0.15, 0.2) is 0 Å². The van der Waals surface area contributed by atoms with Crippen molar-refractivity contribution >= 4 is 5.97 Å². The van der Waals surface area contributed by atoms with Crippen LogP contribution < -0.4 is 9.47 Å². The maximum atomic E-state index is 13.0. The zero-order chi connectivity index (χ0) is 20.1. The Morgan fingerprint density at radius 1 is 1.18 bits per heavy atom. The molecule has 150 valence electrons. The summed E-state index contributed by atoms with van der Waals surface area (Å²) in [5, 5.41) is 9.74. The minimum absolute atomic E-state index is 0.0338. The molecule has 0 aromatic heterocycles. The quantitative estimate of drug-likeness (QED) is 0.736. The minimum Gasteiger partial charge on any atom is -0.493 e. The third-order valence-electron chi connectivity index (χ3n) is 4.60. The second kappa shape index (κ2) is 9.06. The van der Waals surface area contributed by atoms with Crippen LogP contribution in [0.15, 0.2) is 36.4 Å². The second-order valence-corrected chi connectivity index (χ2v) is 7.14. The topological polar surface area (TPSA) is 65.0 Å². The molecule has 1 heterocycles. The van der Waals surface area contributed by atoms with Crippen LogP contribution >= 0.6 is 0 Å². The van der Waals surface area contributed by atoms with Crippen molar-refractivity contribution in [1.29, 1.82) is 0 Å². The Morgan fingerprint density at radius 3 is 2.64 bits per heavy atom. The van der Waals surface area contributed by atoms with Crippen LogP contribution in [0.3, 0.4) is 0 Å². The van der Waals surface area contributed by atoms with Gasteiger partial charge in [0.1, 0.15) is 30.0 Å². The lowest BCUT2D eigenvalue weighted by molar-refractivity contribution is -0.162. The van der Waals surface area contributed by atoms with Crippen LogP contribution in [0.4, 0.5) is 4.39 Å². The third kappa shape index (κ3) is 5.45. The maximum absolute atomic E-state index is 13.0. The summed E-state index contributed by atoms with van der Waals surface area (Å²) in [6.07, 6.45) is -0.119. The fourth-order valence-electron chi connectivity index (χ4n) is 3.38. The Hall–Kier alpha value is -2.60. The molecule has 0 aliphatic carbocycles. The lowest BCUT2D eigenvalue weighted by Crippen LogP contribution is -2.36. The molecule has 6 heteroatoms. The van der Waals surface area contributed by atoms with Crippen molar-refractivity contribution < 1.29 is 28.5 Å². The summed E-state index contributed by atoms with van der Waals surface area (Å²) >= 11 is 0. The Balaban J connectivity index is 1.63. The van der Waals surface area contributed by atoms with Crippen molar-refractivity contribution in [1.82, 2.24) is 0 Å². The molecule has 2 aromatic carbocycles. The molecule has 0 spiro atoms. The highest BCUT2D eigenvalue weighted by molar-refractivity contribution is 5.71. The number of cyclic esters (lactones) is 1. The van der Waals surface area contributed by atoms with E-state index in [2.05, 4.69) is 0 Å². The van der Waals surface area contributed by atoms with Gasteiger partial charge in [-0.15, -0.1) is 0 Å². The molecule has 1 aliphatic heterocycles. The fraction of sp³-hybridized carbons (Fsp3) is 0.409. The van der Waals surface area contributed by atoms with Crippen LogP contribution in [-0.2, 0) is 16.0 Å². The summed E-state index contributed by atoms with van der Waals surface area (Å²) in [4.78, 5) is 11.5. The van der Waals surface area contributed by atoms with E-state index >= 15 is 0 Å².